The number of fused-ring (bicyclic) bond motifs is 1. The molecule has 3 N–H and O–H groups in total. The van der Waals surface area contributed by atoms with E-state index in [4.69, 9.17) is 11.1 Å². The van der Waals surface area contributed by atoms with Crippen LogP contribution in [0.4, 0.5) is 0 Å². The minimum Gasteiger partial charge on any atom is -0.384 e. The summed E-state index contributed by atoms with van der Waals surface area (Å²) in [7, 11) is 0. The molecule has 1 heterocycles. The van der Waals surface area contributed by atoms with Crippen molar-refractivity contribution in [2.45, 2.75) is 32.7 Å². The maximum absolute atomic E-state index is 7.48. The average Bonchev–Trinajstić information content (AvgIpc) is 2.92. The molecule has 2 atom stereocenters. The van der Waals surface area contributed by atoms with Crippen LogP contribution in [-0.4, -0.2) is 23.8 Å². The van der Waals surface area contributed by atoms with Gasteiger partial charge in [-0.15, -0.1) is 0 Å². The Morgan fingerprint density at radius 1 is 1.32 bits per heavy atom. The second-order valence-corrected chi connectivity index (χ2v) is 6.20. The molecule has 19 heavy (non-hydrogen) atoms. The van der Waals surface area contributed by atoms with Crippen LogP contribution in [0.5, 0.6) is 0 Å². The van der Waals surface area contributed by atoms with Crippen LogP contribution in [0.25, 0.3) is 0 Å². The Morgan fingerprint density at radius 3 is 2.58 bits per heavy atom. The van der Waals surface area contributed by atoms with Crippen molar-refractivity contribution in [3.05, 3.63) is 34.9 Å². The molecule has 102 valence electrons. The summed E-state index contributed by atoms with van der Waals surface area (Å²) >= 11 is 0. The van der Waals surface area contributed by atoms with Crippen molar-refractivity contribution in [1.82, 2.24) is 4.90 Å². The fourth-order valence-electron chi connectivity index (χ4n) is 3.74. The number of likely N-dealkylation sites (tertiary alicyclic amines) is 1. The first kappa shape index (κ1) is 12.7. The molecule has 1 saturated heterocycles. The van der Waals surface area contributed by atoms with Gasteiger partial charge >= 0.3 is 0 Å². The Labute approximate surface area is 115 Å². The summed E-state index contributed by atoms with van der Waals surface area (Å²) in [5.41, 5.74) is 9.00. The molecule has 2 unspecified atom stereocenters. The molecular formula is C16H23N3. The molecule has 0 radical (unpaired) electrons. The van der Waals surface area contributed by atoms with E-state index in [0.29, 0.717) is 0 Å². The molecule has 1 aromatic rings. The van der Waals surface area contributed by atoms with Gasteiger partial charge in [-0.05, 0) is 48.8 Å². The summed E-state index contributed by atoms with van der Waals surface area (Å²) in [6.45, 7) is 5.73. The van der Waals surface area contributed by atoms with Crippen LogP contribution in [0.3, 0.4) is 0 Å². The van der Waals surface area contributed by atoms with Crippen molar-refractivity contribution in [2.75, 3.05) is 13.1 Å². The molecular weight excluding hydrogens is 234 g/mol. The Balaban J connectivity index is 1.69. The van der Waals surface area contributed by atoms with Gasteiger partial charge in [-0.3, -0.25) is 10.3 Å². The first-order valence-electron chi connectivity index (χ1n) is 7.30. The summed E-state index contributed by atoms with van der Waals surface area (Å²) in [6, 6.07) is 6.15. The molecule has 0 bridgehead atoms. The minimum atomic E-state index is 0.158. The van der Waals surface area contributed by atoms with Gasteiger partial charge in [0, 0.05) is 25.2 Å². The van der Waals surface area contributed by atoms with Crippen LogP contribution in [0.15, 0.2) is 18.2 Å². The zero-order valence-corrected chi connectivity index (χ0v) is 11.7. The number of nitrogens with two attached hydrogens (primary N) is 1. The van der Waals surface area contributed by atoms with Crippen LogP contribution in [-0.2, 0) is 6.54 Å². The molecule has 3 nitrogen and oxygen atoms in total. The lowest BCUT2D eigenvalue weighted by Crippen LogP contribution is -2.22. The van der Waals surface area contributed by atoms with Gasteiger partial charge in [0.05, 0.1) is 0 Å². The molecule has 3 rings (SSSR count). The van der Waals surface area contributed by atoms with Crippen LogP contribution in [0.2, 0.25) is 0 Å². The first-order chi connectivity index (χ1) is 9.13. The summed E-state index contributed by atoms with van der Waals surface area (Å²) in [5, 5.41) is 7.48. The van der Waals surface area contributed by atoms with Gasteiger partial charge in [-0.25, -0.2) is 0 Å². The van der Waals surface area contributed by atoms with E-state index < -0.39 is 0 Å². The molecule has 0 aromatic heterocycles. The largest absolute Gasteiger partial charge is 0.384 e. The number of benzene rings is 1. The molecule has 3 heteroatoms. The number of nitrogen functional groups attached to an aromatic ring is 1. The van der Waals surface area contributed by atoms with Gasteiger partial charge in [0.25, 0.3) is 0 Å². The van der Waals surface area contributed by atoms with E-state index in [1.165, 1.54) is 43.5 Å². The van der Waals surface area contributed by atoms with E-state index in [1.807, 2.05) is 12.1 Å². The van der Waals surface area contributed by atoms with E-state index in [1.54, 1.807) is 0 Å². The average molecular weight is 257 g/mol. The number of amidine groups is 1. The van der Waals surface area contributed by atoms with Gasteiger partial charge in [0.1, 0.15) is 5.84 Å². The highest BCUT2D eigenvalue weighted by Crippen LogP contribution is 2.38. The van der Waals surface area contributed by atoms with E-state index in [2.05, 4.69) is 17.9 Å². The van der Waals surface area contributed by atoms with E-state index >= 15 is 0 Å². The molecule has 1 saturated carbocycles. The van der Waals surface area contributed by atoms with Crippen molar-refractivity contribution >= 4 is 5.84 Å². The van der Waals surface area contributed by atoms with E-state index in [0.717, 1.165) is 23.9 Å². The standard InChI is InChI=1S/C16H23N3/c1-11-7-12(16(17)18)5-6-13(11)8-19-9-14-3-2-4-15(14)10-19/h5-7,14-15H,2-4,8-10H2,1H3,(H3,17,18). The van der Waals surface area contributed by atoms with Crippen LogP contribution in [0, 0.1) is 24.2 Å². The van der Waals surface area contributed by atoms with Crippen molar-refractivity contribution in [3.8, 4) is 0 Å². The Hall–Kier alpha value is -1.35. The van der Waals surface area contributed by atoms with Crippen molar-refractivity contribution in [2.24, 2.45) is 17.6 Å². The number of hydrogen-bond acceptors (Lipinski definition) is 2. The zero-order chi connectivity index (χ0) is 13.4. The second-order valence-electron chi connectivity index (χ2n) is 6.20. The number of aryl methyl sites for hydroxylation is 1. The van der Waals surface area contributed by atoms with Gasteiger partial charge in [-0.2, -0.15) is 0 Å². The zero-order valence-electron chi connectivity index (χ0n) is 11.7. The molecule has 0 amide bonds. The number of nitrogens with one attached hydrogen (secondary N) is 1. The Bertz CT molecular complexity index is 483. The normalized spacial score (nSPS) is 26.6. The highest BCUT2D eigenvalue weighted by atomic mass is 15.2. The lowest BCUT2D eigenvalue weighted by Gasteiger charge is -2.18. The van der Waals surface area contributed by atoms with Gasteiger partial charge in [0.2, 0.25) is 0 Å². The van der Waals surface area contributed by atoms with Crippen molar-refractivity contribution in [3.63, 3.8) is 0 Å². The molecule has 1 aliphatic heterocycles. The first-order valence-corrected chi connectivity index (χ1v) is 7.30. The number of rotatable bonds is 3. The highest BCUT2D eigenvalue weighted by Gasteiger charge is 2.35. The summed E-state index contributed by atoms with van der Waals surface area (Å²) in [5.74, 6) is 2.07. The van der Waals surface area contributed by atoms with E-state index in [9.17, 15) is 0 Å². The maximum Gasteiger partial charge on any atom is 0.122 e. The summed E-state index contributed by atoms with van der Waals surface area (Å²) < 4.78 is 0. The molecule has 1 aromatic carbocycles. The quantitative estimate of drug-likeness (QED) is 0.646. The molecule has 2 aliphatic rings. The van der Waals surface area contributed by atoms with Gasteiger partial charge < -0.3 is 5.73 Å². The van der Waals surface area contributed by atoms with Gasteiger partial charge in [0.15, 0.2) is 0 Å². The van der Waals surface area contributed by atoms with Crippen LogP contribution < -0.4 is 5.73 Å². The van der Waals surface area contributed by atoms with Gasteiger partial charge in [-0.1, -0.05) is 18.6 Å². The fourth-order valence-corrected chi connectivity index (χ4v) is 3.74. The third-order valence-corrected chi connectivity index (χ3v) is 4.85. The van der Waals surface area contributed by atoms with E-state index in [-0.39, 0.29) is 5.84 Å². The maximum atomic E-state index is 7.48. The molecule has 1 aliphatic carbocycles. The SMILES string of the molecule is Cc1cc(C(=N)N)ccc1CN1CC2CCCC2C1. The predicted molar refractivity (Wildman–Crippen MR) is 78.3 cm³/mol. The predicted octanol–water partition coefficient (Wildman–Crippen LogP) is 2.51. The second kappa shape index (κ2) is 4.97. The number of hydrogen-bond donors (Lipinski definition) is 2. The minimum absolute atomic E-state index is 0.158. The Kier molecular flexibility index (Phi) is 3.31. The monoisotopic (exact) mass is 257 g/mol. The number of nitrogens with zero attached hydrogens (tertiary/aromatic N) is 1. The van der Waals surface area contributed by atoms with Crippen LogP contribution in [0.1, 0.15) is 36.0 Å². The third kappa shape index (κ3) is 2.52. The Morgan fingerprint density at radius 2 is 2.00 bits per heavy atom. The van der Waals surface area contributed by atoms with Crippen molar-refractivity contribution < 1.29 is 0 Å². The van der Waals surface area contributed by atoms with Crippen molar-refractivity contribution in [1.29, 1.82) is 5.41 Å². The van der Waals surface area contributed by atoms with Crippen LogP contribution >= 0.6 is 0 Å². The lowest BCUT2D eigenvalue weighted by atomic mass is 10.0. The third-order valence-electron chi connectivity index (χ3n) is 4.85. The topological polar surface area (TPSA) is 53.1 Å². The summed E-state index contributed by atoms with van der Waals surface area (Å²) in [6.07, 6.45) is 4.31. The smallest absolute Gasteiger partial charge is 0.122 e. The fraction of sp³-hybridized carbons (Fsp3) is 0.562. The highest BCUT2D eigenvalue weighted by molar-refractivity contribution is 5.95. The summed E-state index contributed by atoms with van der Waals surface area (Å²) in [4.78, 5) is 2.60. The lowest BCUT2D eigenvalue weighted by molar-refractivity contribution is 0.303. The molecule has 2 fully saturated rings. The molecule has 0 spiro atoms.